The topological polar surface area (TPSA) is 59.8 Å². The van der Waals surface area contributed by atoms with Crippen molar-refractivity contribution in [3.63, 3.8) is 0 Å². The van der Waals surface area contributed by atoms with Crippen molar-refractivity contribution in [2.24, 2.45) is 0 Å². The molecule has 32 heavy (non-hydrogen) atoms. The molecule has 2 aromatic rings. The number of rotatable bonds is 5. The van der Waals surface area contributed by atoms with Crippen molar-refractivity contribution in [2.45, 2.75) is 38.8 Å². The molecule has 2 aliphatic rings. The maximum Gasteiger partial charge on any atom is 0.253 e. The zero-order chi connectivity index (χ0) is 22.5. The zero-order valence-corrected chi connectivity index (χ0v) is 19.0. The third-order valence-corrected chi connectivity index (χ3v) is 6.54. The molecule has 0 aliphatic carbocycles. The number of hydrogen-bond acceptors (Lipinski definition) is 5. The SMILES string of the molecule is CC(C)N1CCC(Oc2ccc(N3CCN(C(=O)c4ccc(C#N)cc4)CC3)cc2)CC1. The molecule has 0 aromatic heterocycles. The zero-order valence-electron chi connectivity index (χ0n) is 19.0. The number of amides is 1. The smallest absolute Gasteiger partial charge is 0.253 e. The Balaban J connectivity index is 1.27. The number of nitriles is 1. The Kier molecular flexibility index (Phi) is 6.96. The largest absolute Gasteiger partial charge is 0.490 e. The van der Waals surface area contributed by atoms with Gasteiger partial charge in [0.15, 0.2) is 0 Å². The molecule has 6 heteroatoms. The summed E-state index contributed by atoms with van der Waals surface area (Å²) in [6.07, 6.45) is 2.46. The number of nitrogens with zero attached hydrogens (tertiary/aromatic N) is 4. The molecule has 0 atom stereocenters. The molecule has 2 fully saturated rings. The number of ether oxygens (including phenoxy) is 1. The van der Waals surface area contributed by atoms with Gasteiger partial charge in [-0.1, -0.05) is 0 Å². The van der Waals surface area contributed by atoms with Crippen molar-refractivity contribution in [1.82, 2.24) is 9.80 Å². The number of anilines is 1. The van der Waals surface area contributed by atoms with Gasteiger partial charge in [0.1, 0.15) is 11.9 Å². The van der Waals surface area contributed by atoms with Gasteiger partial charge in [0, 0.05) is 56.6 Å². The summed E-state index contributed by atoms with van der Waals surface area (Å²) in [6, 6.07) is 17.9. The highest BCUT2D eigenvalue weighted by Crippen LogP contribution is 2.24. The van der Waals surface area contributed by atoms with E-state index >= 15 is 0 Å². The molecular weight excluding hydrogens is 400 g/mol. The van der Waals surface area contributed by atoms with Gasteiger partial charge in [-0.15, -0.1) is 0 Å². The molecule has 0 radical (unpaired) electrons. The lowest BCUT2D eigenvalue weighted by molar-refractivity contribution is 0.0747. The number of benzene rings is 2. The summed E-state index contributed by atoms with van der Waals surface area (Å²) in [5, 5.41) is 8.92. The van der Waals surface area contributed by atoms with Crippen molar-refractivity contribution >= 4 is 11.6 Å². The normalized spacial score (nSPS) is 17.9. The molecule has 2 heterocycles. The molecule has 168 valence electrons. The van der Waals surface area contributed by atoms with E-state index in [0.29, 0.717) is 36.4 Å². The number of piperazine rings is 1. The van der Waals surface area contributed by atoms with Crippen LogP contribution in [0.1, 0.15) is 42.6 Å². The summed E-state index contributed by atoms with van der Waals surface area (Å²) in [5.74, 6) is 0.966. The van der Waals surface area contributed by atoms with Gasteiger partial charge in [-0.2, -0.15) is 5.26 Å². The first kappa shape index (κ1) is 22.2. The number of likely N-dealkylation sites (tertiary alicyclic amines) is 1. The van der Waals surface area contributed by atoms with Gasteiger partial charge in [0.25, 0.3) is 5.91 Å². The first-order valence-electron chi connectivity index (χ1n) is 11.6. The van der Waals surface area contributed by atoms with Crippen LogP contribution in [0.5, 0.6) is 5.75 Å². The van der Waals surface area contributed by atoms with Crippen molar-refractivity contribution in [3.05, 3.63) is 59.7 Å². The van der Waals surface area contributed by atoms with Crippen molar-refractivity contribution < 1.29 is 9.53 Å². The molecule has 1 amide bonds. The third-order valence-electron chi connectivity index (χ3n) is 6.54. The lowest BCUT2D eigenvalue weighted by atomic mass is 10.1. The molecular formula is C26H32N4O2. The highest BCUT2D eigenvalue weighted by atomic mass is 16.5. The van der Waals surface area contributed by atoms with E-state index < -0.39 is 0 Å². The molecule has 0 spiro atoms. The molecule has 0 saturated carbocycles. The second-order valence-electron chi connectivity index (χ2n) is 8.91. The third kappa shape index (κ3) is 5.23. The van der Waals surface area contributed by atoms with E-state index in [1.165, 1.54) is 0 Å². The minimum Gasteiger partial charge on any atom is -0.490 e. The van der Waals surface area contributed by atoms with E-state index in [2.05, 4.69) is 54.0 Å². The first-order valence-corrected chi connectivity index (χ1v) is 11.6. The molecule has 0 bridgehead atoms. The van der Waals surface area contributed by atoms with Crippen molar-refractivity contribution in [2.75, 3.05) is 44.2 Å². The van der Waals surface area contributed by atoms with Crippen LogP contribution in [0.4, 0.5) is 5.69 Å². The Labute approximate surface area is 191 Å². The summed E-state index contributed by atoms with van der Waals surface area (Å²) in [6.45, 7) is 9.69. The molecule has 2 aliphatic heterocycles. The van der Waals surface area contributed by atoms with Crippen molar-refractivity contribution in [3.8, 4) is 11.8 Å². The molecule has 4 rings (SSSR count). The van der Waals surface area contributed by atoms with Crippen LogP contribution in [-0.4, -0.2) is 67.1 Å². The van der Waals surface area contributed by atoms with E-state index in [-0.39, 0.29) is 5.91 Å². The van der Waals surface area contributed by atoms with Crippen LogP contribution in [0.25, 0.3) is 0 Å². The number of piperidine rings is 1. The molecule has 2 saturated heterocycles. The van der Waals surface area contributed by atoms with E-state index in [1.54, 1.807) is 24.3 Å². The van der Waals surface area contributed by atoms with Crippen LogP contribution in [0, 0.1) is 11.3 Å². The van der Waals surface area contributed by atoms with Crippen LogP contribution < -0.4 is 9.64 Å². The Morgan fingerprint density at radius 1 is 0.938 bits per heavy atom. The minimum absolute atomic E-state index is 0.0291. The Morgan fingerprint density at radius 2 is 1.56 bits per heavy atom. The Bertz CT molecular complexity index is 933. The van der Waals surface area contributed by atoms with E-state index in [0.717, 1.165) is 50.5 Å². The highest BCUT2D eigenvalue weighted by molar-refractivity contribution is 5.94. The average molecular weight is 433 g/mol. The highest BCUT2D eigenvalue weighted by Gasteiger charge is 2.24. The van der Waals surface area contributed by atoms with Gasteiger partial charge in [-0.3, -0.25) is 4.79 Å². The predicted octanol–water partition coefficient (Wildman–Crippen LogP) is 3.77. The van der Waals surface area contributed by atoms with Gasteiger partial charge in [-0.25, -0.2) is 0 Å². The lowest BCUT2D eigenvalue weighted by Gasteiger charge is -2.36. The number of carbonyl (C=O) groups is 1. The quantitative estimate of drug-likeness (QED) is 0.720. The Hall–Kier alpha value is -3.04. The molecule has 2 aromatic carbocycles. The first-order chi connectivity index (χ1) is 15.5. The number of carbonyl (C=O) groups excluding carboxylic acids is 1. The second kappa shape index (κ2) is 10.1. The van der Waals surface area contributed by atoms with Gasteiger partial charge in [0.05, 0.1) is 11.6 Å². The average Bonchev–Trinajstić information content (AvgIpc) is 2.84. The lowest BCUT2D eigenvalue weighted by Crippen LogP contribution is -2.48. The summed E-state index contributed by atoms with van der Waals surface area (Å²) in [7, 11) is 0. The van der Waals surface area contributed by atoms with Crippen LogP contribution in [-0.2, 0) is 0 Å². The fourth-order valence-corrected chi connectivity index (χ4v) is 4.48. The van der Waals surface area contributed by atoms with E-state index in [9.17, 15) is 4.79 Å². The molecule has 0 N–H and O–H groups in total. The standard InChI is InChI=1S/C26H32N4O2/c1-20(2)28-13-11-25(12-14-28)32-24-9-7-23(8-10-24)29-15-17-30(18-16-29)26(31)22-5-3-21(19-27)4-6-22/h3-10,20,25H,11-18H2,1-2H3. The Morgan fingerprint density at radius 3 is 2.12 bits per heavy atom. The van der Waals surface area contributed by atoms with Gasteiger partial charge >= 0.3 is 0 Å². The van der Waals surface area contributed by atoms with Crippen LogP contribution in [0.3, 0.4) is 0 Å². The van der Waals surface area contributed by atoms with Gasteiger partial charge in [-0.05, 0) is 75.2 Å². The summed E-state index contributed by atoms with van der Waals surface area (Å²) in [5.41, 5.74) is 2.37. The van der Waals surface area contributed by atoms with Gasteiger partial charge < -0.3 is 19.4 Å². The maximum absolute atomic E-state index is 12.7. The van der Waals surface area contributed by atoms with Crippen molar-refractivity contribution in [1.29, 1.82) is 5.26 Å². The molecule has 6 nitrogen and oxygen atoms in total. The van der Waals surface area contributed by atoms with Crippen LogP contribution in [0.15, 0.2) is 48.5 Å². The predicted molar refractivity (Wildman–Crippen MR) is 126 cm³/mol. The van der Waals surface area contributed by atoms with Gasteiger partial charge in [0.2, 0.25) is 0 Å². The molecule has 0 unspecified atom stereocenters. The second-order valence-corrected chi connectivity index (χ2v) is 8.91. The summed E-state index contributed by atoms with van der Waals surface area (Å²) in [4.78, 5) is 19.4. The fourth-order valence-electron chi connectivity index (χ4n) is 4.48. The summed E-state index contributed by atoms with van der Waals surface area (Å²) >= 11 is 0. The number of hydrogen-bond donors (Lipinski definition) is 0. The monoisotopic (exact) mass is 432 g/mol. The minimum atomic E-state index is 0.0291. The van der Waals surface area contributed by atoms with Crippen LogP contribution >= 0.6 is 0 Å². The van der Waals surface area contributed by atoms with E-state index in [4.69, 9.17) is 10.00 Å². The van der Waals surface area contributed by atoms with Crippen LogP contribution in [0.2, 0.25) is 0 Å². The maximum atomic E-state index is 12.7. The fraction of sp³-hybridized carbons (Fsp3) is 0.462. The summed E-state index contributed by atoms with van der Waals surface area (Å²) < 4.78 is 6.22. The van der Waals surface area contributed by atoms with E-state index in [1.807, 2.05) is 4.90 Å².